The summed E-state index contributed by atoms with van der Waals surface area (Å²) in [6, 6.07) is 6.15. The third-order valence-electron chi connectivity index (χ3n) is 3.14. The fourth-order valence-corrected chi connectivity index (χ4v) is 2.35. The van der Waals surface area contributed by atoms with Crippen molar-refractivity contribution in [3.05, 3.63) is 29.5 Å². The van der Waals surface area contributed by atoms with E-state index in [1.165, 1.54) is 22.2 Å². The van der Waals surface area contributed by atoms with Gasteiger partial charge in [-0.2, -0.15) is 0 Å². The molecule has 1 aromatic carbocycles. The van der Waals surface area contributed by atoms with Gasteiger partial charge >= 0.3 is 0 Å². The normalized spacial score (nSPS) is 11.5. The summed E-state index contributed by atoms with van der Waals surface area (Å²) in [5, 5.41) is 1.30. The van der Waals surface area contributed by atoms with E-state index < -0.39 is 0 Å². The largest absolute Gasteiger partial charge is 0.399 e. The first-order valence-corrected chi connectivity index (χ1v) is 5.36. The molecule has 0 saturated heterocycles. The van der Waals surface area contributed by atoms with E-state index in [1.54, 1.807) is 0 Å². The van der Waals surface area contributed by atoms with Crippen LogP contribution in [0.3, 0.4) is 0 Å². The minimum absolute atomic E-state index is 0.538. The highest BCUT2D eigenvalue weighted by Crippen LogP contribution is 2.31. The van der Waals surface area contributed by atoms with Crippen LogP contribution in [0.15, 0.2) is 18.2 Å². The van der Waals surface area contributed by atoms with Crippen LogP contribution in [0.2, 0.25) is 0 Å². The highest BCUT2D eigenvalue weighted by Gasteiger charge is 2.14. The Morgan fingerprint density at radius 3 is 2.53 bits per heavy atom. The molecule has 80 valence electrons. The van der Waals surface area contributed by atoms with Crippen molar-refractivity contribution in [1.29, 1.82) is 0 Å². The molecule has 0 aliphatic carbocycles. The highest BCUT2D eigenvalue weighted by molar-refractivity contribution is 5.88. The van der Waals surface area contributed by atoms with E-state index in [4.69, 9.17) is 5.73 Å². The number of fused-ring (bicyclic) bond motifs is 1. The van der Waals surface area contributed by atoms with E-state index in [0.717, 1.165) is 5.69 Å². The standard InChI is InChI=1S/C13H18N2/c1-8(2)13-9(3)15(4)12-6-5-10(14)7-11(12)13/h5-8H,14H2,1-4H3. The number of hydrogen-bond acceptors (Lipinski definition) is 1. The molecule has 0 amide bonds. The minimum Gasteiger partial charge on any atom is -0.399 e. The first-order chi connectivity index (χ1) is 7.02. The van der Waals surface area contributed by atoms with Crippen LogP contribution < -0.4 is 5.73 Å². The highest BCUT2D eigenvalue weighted by atomic mass is 14.9. The molecular formula is C13H18N2. The molecule has 2 rings (SSSR count). The summed E-state index contributed by atoms with van der Waals surface area (Å²) in [6.07, 6.45) is 0. The molecule has 0 spiro atoms. The van der Waals surface area contributed by atoms with Crippen molar-refractivity contribution in [3.63, 3.8) is 0 Å². The number of aryl methyl sites for hydroxylation is 1. The first-order valence-electron chi connectivity index (χ1n) is 5.36. The third kappa shape index (κ3) is 1.41. The quantitative estimate of drug-likeness (QED) is 0.707. The molecule has 0 aliphatic heterocycles. The molecule has 2 aromatic rings. The smallest absolute Gasteiger partial charge is 0.0484 e. The van der Waals surface area contributed by atoms with E-state index in [9.17, 15) is 0 Å². The fraction of sp³-hybridized carbons (Fsp3) is 0.385. The van der Waals surface area contributed by atoms with Gasteiger partial charge in [-0.1, -0.05) is 13.8 Å². The van der Waals surface area contributed by atoms with Gasteiger partial charge < -0.3 is 10.3 Å². The van der Waals surface area contributed by atoms with Crippen molar-refractivity contribution in [2.75, 3.05) is 5.73 Å². The van der Waals surface area contributed by atoms with Gasteiger partial charge in [0, 0.05) is 29.3 Å². The van der Waals surface area contributed by atoms with Gasteiger partial charge in [-0.25, -0.2) is 0 Å². The zero-order valence-corrected chi connectivity index (χ0v) is 9.83. The van der Waals surface area contributed by atoms with Crippen molar-refractivity contribution < 1.29 is 0 Å². The van der Waals surface area contributed by atoms with E-state index in [-0.39, 0.29) is 0 Å². The molecule has 2 heteroatoms. The summed E-state index contributed by atoms with van der Waals surface area (Å²) in [4.78, 5) is 0. The average Bonchev–Trinajstić information content (AvgIpc) is 2.39. The van der Waals surface area contributed by atoms with Crippen LogP contribution in [0.5, 0.6) is 0 Å². The molecule has 0 atom stereocenters. The number of nitrogen functional groups attached to an aromatic ring is 1. The van der Waals surface area contributed by atoms with Crippen molar-refractivity contribution in [2.24, 2.45) is 7.05 Å². The molecule has 1 heterocycles. The van der Waals surface area contributed by atoms with Crippen LogP contribution in [0, 0.1) is 6.92 Å². The minimum atomic E-state index is 0.538. The second kappa shape index (κ2) is 3.30. The maximum absolute atomic E-state index is 5.84. The molecule has 0 radical (unpaired) electrons. The Morgan fingerprint density at radius 2 is 1.93 bits per heavy atom. The van der Waals surface area contributed by atoms with Gasteiger partial charge in [-0.05, 0) is 36.6 Å². The summed E-state index contributed by atoms with van der Waals surface area (Å²) in [7, 11) is 2.11. The van der Waals surface area contributed by atoms with Gasteiger partial charge in [0.2, 0.25) is 0 Å². The van der Waals surface area contributed by atoms with Crippen LogP contribution >= 0.6 is 0 Å². The maximum Gasteiger partial charge on any atom is 0.0484 e. The molecule has 2 nitrogen and oxygen atoms in total. The number of hydrogen-bond donors (Lipinski definition) is 1. The van der Waals surface area contributed by atoms with Crippen molar-refractivity contribution in [2.45, 2.75) is 26.7 Å². The van der Waals surface area contributed by atoms with Gasteiger partial charge in [0.1, 0.15) is 0 Å². The van der Waals surface area contributed by atoms with E-state index in [2.05, 4.69) is 44.5 Å². The van der Waals surface area contributed by atoms with Gasteiger partial charge in [0.05, 0.1) is 0 Å². The van der Waals surface area contributed by atoms with Gasteiger partial charge in [0.25, 0.3) is 0 Å². The molecule has 1 aromatic heterocycles. The lowest BCUT2D eigenvalue weighted by atomic mass is 9.99. The lowest BCUT2D eigenvalue weighted by Gasteiger charge is -2.05. The number of nitrogens with two attached hydrogens (primary N) is 1. The maximum atomic E-state index is 5.84. The fourth-order valence-electron chi connectivity index (χ4n) is 2.35. The Balaban J connectivity index is 2.88. The molecule has 0 fully saturated rings. The van der Waals surface area contributed by atoms with Crippen LogP contribution in [0.1, 0.15) is 31.0 Å². The van der Waals surface area contributed by atoms with Crippen LogP contribution in [0.4, 0.5) is 5.69 Å². The number of anilines is 1. The molecule has 15 heavy (non-hydrogen) atoms. The molecule has 0 bridgehead atoms. The van der Waals surface area contributed by atoms with Crippen molar-refractivity contribution in [1.82, 2.24) is 4.57 Å². The topological polar surface area (TPSA) is 30.9 Å². The number of aromatic nitrogens is 1. The Hall–Kier alpha value is -1.44. The molecule has 2 N–H and O–H groups in total. The van der Waals surface area contributed by atoms with Crippen LogP contribution in [-0.2, 0) is 7.05 Å². The predicted octanol–water partition coefficient (Wildman–Crippen LogP) is 3.19. The number of rotatable bonds is 1. The van der Waals surface area contributed by atoms with Gasteiger partial charge in [0.15, 0.2) is 0 Å². The Labute approximate surface area is 90.7 Å². The average molecular weight is 202 g/mol. The molecule has 0 unspecified atom stereocenters. The lowest BCUT2D eigenvalue weighted by Crippen LogP contribution is -1.93. The molecule has 0 aliphatic rings. The first kappa shape index (κ1) is 10.1. The Kier molecular flexibility index (Phi) is 2.22. The second-order valence-corrected chi connectivity index (χ2v) is 4.49. The summed E-state index contributed by atoms with van der Waals surface area (Å²) >= 11 is 0. The zero-order chi connectivity index (χ0) is 11.2. The summed E-state index contributed by atoms with van der Waals surface area (Å²) in [5.41, 5.74) is 10.7. The van der Waals surface area contributed by atoms with E-state index in [0.29, 0.717) is 5.92 Å². The molecular weight excluding hydrogens is 184 g/mol. The Bertz CT molecular complexity index is 507. The summed E-state index contributed by atoms with van der Waals surface area (Å²) in [5.74, 6) is 0.538. The number of benzene rings is 1. The second-order valence-electron chi connectivity index (χ2n) is 4.49. The van der Waals surface area contributed by atoms with E-state index >= 15 is 0 Å². The number of nitrogens with zero attached hydrogens (tertiary/aromatic N) is 1. The van der Waals surface area contributed by atoms with E-state index in [1.807, 2.05) is 6.07 Å². The molecule has 0 saturated carbocycles. The van der Waals surface area contributed by atoms with Crippen molar-refractivity contribution in [3.8, 4) is 0 Å². The lowest BCUT2D eigenvalue weighted by molar-refractivity contribution is 0.829. The Morgan fingerprint density at radius 1 is 1.27 bits per heavy atom. The van der Waals surface area contributed by atoms with Crippen molar-refractivity contribution >= 4 is 16.6 Å². The van der Waals surface area contributed by atoms with Gasteiger partial charge in [-0.15, -0.1) is 0 Å². The SMILES string of the molecule is Cc1c(C(C)C)c2cc(N)ccc2n1C. The monoisotopic (exact) mass is 202 g/mol. The van der Waals surface area contributed by atoms with Gasteiger partial charge in [-0.3, -0.25) is 0 Å². The third-order valence-corrected chi connectivity index (χ3v) is 3.14. The summed E-state index contributed by atoms with van der Waals surface area (Å²) in [6.45, 7) is 6.63. The summed E-state index contributed by atoms with van der Waals surface area (Å²) < 4.78 is 2.24. The van der Waals surface area contributed by atoms with Crippen LogP contribution in [0.25, 0.3) is 10.9 Å². The zero-order valence-electron chi connectivity index (χ0n) is 9.83. The van der Waals surface area contributed by atoms with Crippen LogP contribution in [-0.4, -0.2) is 4.57 Å². The predicted molar refractivity (Wildman–Crippen MR) is 66.2 cm³/mol.